The first-order valence-corrected chi connectivity index (χ1v) is 6.60. The van der Waals surface area contributed by atoms with Crippen LogP contribution in [0.3, 0.4) is 0 Å². The largest absolute Gasteiger partial charge is 0.507 e. The molecule has 3 nitrogen and oxygen atoms in total. The maximum absolute atomic E-state index is 12.3. The third-order valence-corrected chi connectivity index (χ3v) is 3.41. The van der Waals surface area contributed by atoms with E-state index in [1.807, 2.05) is 20.8 Å². The van der Waals surface area contributed by atoms with Gasteiger partial charge in [0.15, 0.2) is 0 Å². The van der Waals surface area contributed by atoms with E-state index in [0.29, 0.717) is 12.1 Å². The van der Waals surface area contributed by atoms with E-state index in [2.05, 4.69) is 15.9 Å². The van der Waals surface area contributed by atoms with Crippen molar-refractivity contribution in [3.05, 3.63) is 28.2 Å². The molecule has 1 aromatic carbocycles. The lowest BCUT2D eigenvalue weighted by Crippen LogP contribution is -2.38. The van der Waals surface area contributed by atoms with E-state index >= 15 is 0 Å². The number of benzene rings is 1. The maximum Gasteiger partial charge on any atom is 0.257 e. The fourth-order valence-electron chi connectivity index (χ4n) is 1.71. The van der Waals surface area contributed by atoms with Crippen molar-refractivity contribution >= 4 is 21.8 Å². The second-order valence-electron chi connectivity index (χ2n) is 4.01. The van der Waals surface area contributed by atoms with Crippen molar-refractivity contribution in [2.24, 2.45) is 0 Å². The molecule has 0 aromatic heterocycles. The van der Waals surface area contributed by atoms with Gasteiger partial charge in [0.2, 0.25) is 0 Å². The number of carbonyl (C=O) groups excluding carboxylic acids is 1. The topological polar surface area (TPSA) is 40.5 Å². The lowest BCUT2D eigenvalue weighted by atomic mass is 10.1. The SMILES string of the molecule is CCC(C)N(CC)C(=O)c1cc(Br)ccc1O. The van der Waals surface area contributed by atoms with Crippen molar-refractivity contribution in [3.63, 3.8) is 0 Å². The number of nitrogens with zero attached hydrogens (tertiary/aromatic N) is 1. The molecular formula is C13H18BrNO2. The average molecular weight is 300 g/mol. The first-order valence-electron chi connectivity index (χ1n) is 5.80. The predicted octanol–water partition coefficient (Wildman–Crippen LogP) is 3.42. The number of amides is 1. The van der Waals surface area contributed by atoms with Crippen molar-refractivity contribution in [2.75, 3.05) is 6.54 Å². The molecule has 0 aliphatic carbocycles. The number of phenols is 1. The minimum Gasteiger partial charge on any atom is -0.507 e. The summed E-state index contributed by atoms with van der Waals surface area (Å²) in [5.41, 5.74) is 0.349. The zero-order valence-electron chi connectivity index (χ0n) is 10.4. The number of phenolic OH excluding ortho intramolecular Hbond substituents is 1. The van der Waals surface area contributed by atoms with Crippen LogP contribution in [0.5, 0.6) is 5.75 Å². The highest BCUT2D eigenvalue weighted by Gasteiger charge is 2.21. The summed E-state index contributed by atoms with van der Waals surface area (Å²) < 4.78 is 0.791. The number of hydrogen-bond acceptors (Lipinski definition) is 2. The molecule has 0 saturated carbocycles. The molecule has 1 aromatic rings. The second kappa shape index (κ2) is 6.05. The predicted molar refractivity (Wildman–Crippen MR) is 72.3 cm³/mol. The summed E-state index contributed by atoms with van der Waals surface area (Å²) in [5.74, 6) is -0.0967. The Labute approximate surface area is 111 Å². The standard InChI is InChI=1S/C13H18BrNO2/c1-4-9(3)15(5-2)13(17)11-8-10(14)6-7-12(11)16/h6-9,16H,4-5H2,1-3H3. The van der Waals surface area contributed by atoms with Crippen molar-refractivity contribution in [1.82, 2.24) is 4.90 Å². The fraction of sp³-hybridized carbons (Fsp3) is 0.462. The Hall–Kier alpha value is -1.03. The molecule has 1 amide bonds. The highest BCUT2D eigenvalue weighted by Crippen LogP contribution is 2.24. The molecular weight excluding hydrogens is 282 g/mol. The monoisotopic (exact) mass is 299 g/mol. The van der Waals surface area contributed by atoms with E-state index in [9.17, 15) is 9.90 Å². The normalized spacial score (nSPS) is 12.2. The highest BCUT2D eigenvalue weighted by molar-refractivity contribution is 9.10. The second-order valence-corrected chi connectivity index (χ2v) is 4.93. The first-order chi connectivity index (χ1) is 8.01. The molecule has 0 spiro atoms. The summed E-state index contributed by atoms with van der Waals surface area (Å²) in [5, 5.41) is 9.74. The third kappa shape index (κ3) is 3.22. The molecule has 0 aliphatic rings. The van der Waals surface area contributed by atoms with E-state index in [4.69, 9.17) is 0 Å². The van der Waals surface area contributed by atoms with Crippen LogP contribution in [0.25, 0.3) is 0 Å². The molecule has 0 saturated heterocycles. The van der Waals surface area contributed by atoms with Crippen LogP contribution in [-0.2, 0) is 0 Å². The Kier molecular flexibility index (Phi) is 5.00. The summed E-state index contributed by atoms with van der Waals surface area (Å²) >= 11 is 3.31. The van der Waals surface area contributed by atoms with Crippen LogP contribution in [0.2, 0.25) is 0 Å². The van der Waals surface area contributed by atoms with Gasteiger partial charge in [-0.2, -0.15) is 0 Å². The first kappa shape index (κ1) is 14.0. The minimum absolute atomic E-state index is 0.0277. The Bertz CT molecular complexity index is 406. The number of carbonyl (C=O) groups is 1. The van der Waals surface area contributed by atoms with Crippen molar-refractivity contribution < 1.29 is 9.90 Å². The third-order valence-electron chi connectivity index (χ3n) is 2.91. The Morgan fingerprint density at radius 1 is 1.47 bits per heavy atom. The minimum atomic E-state index is -0.124. The molecule has 17 heavy (non-hydrogen) atoms. The van der Waals surface area contributed by atoms with Gasteiger partial charge in [-0.15, -0.1) is 0 Å². The van der Waals surface area contributed by atoms with E-state index in [1.54, 1.807) is 17.0 Å². The molecule has 0 bridgehead atoms. The number of hydrogen-bond donors (Lipinski definition) is 1. The Morgan fingerprint density at radius 2 is 2.12 bits per heavy atom. The molecule has 1 atom stereocenters. The van der Waals surface area contributed by atoms with Crippen molar-refractivity contribution in [3.8, 4) is 5.75 Å². The van der Waals surface area contributed by atoms with Gasteiger partial charge in [-0.25, -0.2) is 0 Å². The van der Waals surface area contributed by atoms with E-state index in [0.717, 1.165) is 10.9 Å². The maximum atomic E-state index is 12.3. The van der Waals surface area contributed by atoms with Gasteiger partial charge >= 0.3 is 0 Å². The molecule has 94 valence electrons. The summed E-state index contributed by atoms with van der Waals surface area (Å²) in [6, 6.07) is 5.07. The lowest BCUT2D eigenvalue weighted by Gasteiger charge is -2.27. The van der Waals surface area contributed by atoms with Crippen LogP contribution in [-0.4, -0.2) is 28.5 Å². The van der Waals surface area contributed by atoms with Gasteiger partial charge in [-0.3, -0.25) is 4.79 Å². The van der Waals surface area contributed by atoms with Gasteiger partial charge in [-0.1, -0.05) is 22.9 Å². The van der Waals surface area contributed by atoms with Crippen LogP contribution in [0.1, 0.15) is 37.6 Å². The van der Waals surface area contributed by atoms with Gasteiger partial charge in [0.05, 0.1) is 5.56 Å². The van der Waals surface area contributed by atoms with Crippen molar-refractivity contribution in [1.29, 1.82) is 0 Å². The molecule has 4 heteroatoms. The molecule has 0 heterocycles. The summed E-state index contributed by atoms with van der Waals surface area (Å²) in [6.07, 6.45) is 0.897. The Morgan fingerprint density at radius 3 is 2.65 bits per heavy atom. The van der Waals surface area contributed by atoms with E-state index in [-0.39, 0.29) is 17.7 Å². The van der Waals surface area contributed by atoms with Gasteiger partial charge in [0.1, 0.15) is 5.75 Å². The van der Waals surface area contributed by atoms with Gasteiger partial charge in [-0.05, 0) is 38.5 Å². The van der Waals surface area contributed by atoms with Gasteiger partial charge in [0.25, 0.3) is 5.91 Å². The van der Waals surface area contributed by atoms with Crippen LogP contribution >= 0.6 is 15.9 Å². The quantitative estimate of drug-likeness (QED) is 0.925. The van der Waals surface area contributed by atoms with Crippen LogP contribution in [0.4, 0.5) is 0 Å². The molecule has 1 N–H and O–H groups in total. The Balaban J connectivity index is 3.05. The molecule has 0 aliphatic heterocycles. The lowest BCUT2D eigenvalue weighted by molar-refractivity contribution is 0.0697. The number of aromatic hydroxyl groups is 1. The smallest absolute Gasteiger partial charge is 0.257 e. The number of rotatable bonds is 4. The van der Waals surface area contributed by atoms with Gasteiger partial charge in [0, 0.05) is 17.1 Å². The summed E-state index contributed by atoms with van der Waals surface area (Å²) in [4.78, 5) is 14.1. The average Bonchev–Trinajstić information content (AvgIpc) is 2.32. The van der Waals surface area contributed by atoms with Crippen molar-refractivity contribution in [2.45, 2.75) is 33.2 Å². The molecule has 0 fully saturated rings. The molecule has 0 radical (unpaired) electrons. The van der Waals surface area contributed by atoms with E-state index in [1.165, 1.54) is 6.07 Å². The fourth-order valence-corrected chi connectivity index (χ4v) is 2.07. The van der Waals surface area contributed by atoms with Crippen LogP contribution in [0, 0.1) is 0 Å². The highest BCUT2D eigenvalue weighted by atomic mass is 79.9. The zero-order valence-corrected chi connectivity index (χ0v) is 12.0. The van der Waals surface area contributed by atoms with E-state index < -0.39 is 0 Å². The number of halogens is 1. The molecule has 1 rings (SSSR count). The summed E-state index contributed by atoms with van der Waals surface area (Å²) in [6.45, 7) is 6.64. The van der Waals surface area contributed by atoms with Gasteiger partial charge < -0.3 is 10.0 Å². The zero-order chi connectivity index (χ0) is 13.0. The van der Waals surface area contributed by atoms with Crippen LogP contribution in [0.15, 0.2) is 22.7 Å². The van der Waals surface area contributed by atoms with Crippen LogP contribution < -0.4 is 0 Å². The summed E-state index contributed by atoms with van der Waals surface area (Å²) in [7, 11) is 0. The molecule has 1 unspecified atom stereocenters.